The van der Waals surface area contributed by atoms with Crippen LogP contribution >= 0.6 is 11.3 Å². The Labute approximate surface area is 151 Å². The van der Waals surface area contributed by atoms with Gasteiger partial charge in [0.05, 0.1) is 24.4 Å². The van der Waals surface area contributed by atoms with E-state index in [0.717, 1.165) is 36.4 Å². The summed E-state index contributed by atoms with van der Waals surface area (Å²) in [5.41, 5.74) is 1.82. The number of anilines is 1. The molecule has 1 fully saturated rings. The van der Waals surface area contributed by atoms with Gasteiger partial charge in [-0.1, -0.05) is 25.2 Å². The molecule has 0 aliphatic carbocycles. The van der Waals surface area contributed by atoms with Crippen molar-refractivity contribution in [2.45, 2.75) is 26.3 Å². The number of thiazole rings is 1. The van der Waals surface area contributed by atoms with Gasteiger partial charge in [0.15, 0.2) is 5.65 Å². The van der Waals surface area contributed by atoms with Crippen molar-refractivity contribution in [1.82, 2.24) is 20.5 Å². The number of rotatable bonds is 4. The molecule has 3 aromatic rings. The monoisotopic (exact) mass is 357 g/mol. The van der Waals surface area contributed by atoms with Crippen molar-refractivity contribution >= 4 is 28.2 Å². The molecule has 3 aromatic heterocycles. The van der Waals surface area contributed by atoms with E-state index in [0.29, 0.717) is 12.0 Å². The van der Waals surface area contributed by atoms with E-state index < -0.39 is 0 Å². The van der Waals surface area contributed by atoms with E-state index in [2.05, 4.69) is 62.3 Å². The van der Waals surface area contributed by atoms with E-state index in [1.807, 2.05) is 6.07 Å². The highest BCUT2D eigenvalue weighted by molar-refractivity contribution is 7.13. The summed E-state index contributed by atoms with van der Waals surface area (Å²) < 4.78 is 2.28. The van der Waals surface area contributed by atoms with Crippen LogP contribution in [0.25, 0.3) is 21.7 Å². The van der Waals surface area contributed by atoms with Crippen molar-refractivity contribution in [3.63, 3.8) is 0 Å². The quantitative estimate of drug-likeness (QED) is 0.704. The van der Waals surface area contributed by atoms with Crippen LogP contribution in [0.1, 0.15) is 20.3 Å². The van der Waals surface area contributed by atoms with Crippen LogP contribution in [-0.4, -0.2) is 40.9 Å². The summed E-state index contributed by atoms with van der Waals surface area (Å²) in [7, 11) is 2.14. The molecule has 132 valence electrons. The van der Waals surface area contributed by atoms with E-state index in [1.54, 1.807) is 17.5 Å². The molecule has 1 atom stereocenters. The minimum atomic E-state index is 0.564. The predicted octanol–water partition coefficient (Wildman–Crippen LogP) is 2.34. The van der Waals surface area contributed by atoms with Crippen LogP contribution in [0.2, 0.25) is 0 Å². The summed E-state index contributed by atoms with van der Waals surface area (Å²) >= 11 is 1.76. The van der Waals surface area contributed by atoms with Crippen molar-refractivity contribution < 1.29 is 4.57 Å². The van der Waals surface area contributed by atoms with Crippen molar-refractivity contribution in [3.05, 3.63) is 23.7 Å². The van der Waals surface area contributed by atoms with Gasteiger partial charge in [-0.15, -0.1) is 0 Å². The van der Waals surface area contributed by atoms with Crippen LogP contribution in [0.4, 0.5) is 5.82 Å². The lowest BCUT2D eigenvalue weighted by atomic mass is 10.0. The van der Waals surface area contributed by atoms with Gasteiger partial charge in [0, 0.05) is 18.8 Å². The lowest BCUT2D eigenvalue weighted by Gasteiger charge is -2.30. The van der Waals surface area contributed by atoms with Crippen molar-refractivity contribution in [2.24, 2.45) is 13.0 Å². The molecule has 1 aliphatic rings. The summed E-state index contributed by atoms with van der Waals surface area (Å²) in [6.07, 6.45) is 3.00. The van der Waals surface area contributed by atoms with Crippen LogP contribution in [0.15, 0.2) is 23.7 Å². The summed E-state index contributed by atoms with van der Waals surface area (Å²) in [6, 6.07) is 4.60. The third-order valence-electron chi connectivity index (χ3n) is 4.80. The molecule has 7 heteroatoms. The maximum atomic E-state index is 4.34. The lowest BCUT2D eigenvalue weighted by Crippen LogP contribution is -2.53. The van der Waals surface area contributed by atoms with Gasteiger partial charge in [-0.05, 0) is 24.5 Å². The maximum absolute atomic E-state index is 4.34. The Bertz CT molecular complexity index is 867. The third kappa shape index (κ3) is 3.14. The molecular formula is C18H25N6S+. The first-order valence-corrected chi connectivity index (χ1v) is 9.76. The fourth-order valence-corrected chi connectivity index (χ4v) is 4.71. The number of pyridine rings is 1. The molecule has 0 unspecified atom stereocenters. The van der Waals surface area contributed by atoms with Crippen LogP contribution in [0, 0.1) is 5.92 Å². The Balaban J connectivity index is 1.63. The maximum Gasteiger partial charge on any atom is 0.287 e. The van der Waals surface area contributed by atoms with Gasteiger partial charge in [0.1, 0.15) is 12.2 Å². The Kier molecular flexibility index (Phi) is 4.43. The van der Waals surface area contributed by atoms with E-state index in [-0.39, 0.29) is 0 Å². The van der Waals surface area contributed by atoms with Crippen molar-refractivity contribution in [2.75, 3.05) is 24.5 Å². The normalized spacial score (nSPS) is 18.4. The van der Waals surface area contributed by atoms with E-state index in [9.17, 15) is 0 Å². The largest absolute Gasteiger partial charge is 0.306 e. The topological polar surface area (TPSA) is 60.7 Å². The average Bonchev–Trinajstić information content (AvgIpc) is 3.18. The Morgan fingerprint density at radius 2 is 2.32 bits per heavy atom. The zero-order valence-electron chi connectivity index (χ0n) is 15.0. The summed E-state index contributed by atoms with van der Waals surface area (Å²) in [6.45, 7) is 7.73. The number of H-pyrrole nitrogens is 1. The fourth-order valence-electron chi connectivity index (χ4n) is 3.66. The molecular weight excluding hydrogens is 332 g/mol. The van der Waals surface area contributed by atoms with Gasteiger partial charge in [-0.25, -0.2) is 9.55 Å². The van der Waals surface area contributed by atoms with Gasteiger partial charge >= 0.3 is 0 Å². The first kappa shape index (κ1) is 16.5. The predicted molar refractivity (Wildman–Crippen MR) is 102 cm³/mol. The van der Waals surface area contributed by atoms with E-state index >= 15 is 0 Å². The van der Waals surface area contributed by atoms with Crippen molar-refractivity contribution in [1.29, 1.82) is 0 Å². The highest BCUT2D eigenvalue weighted by atomic mass is 32.1. The molecule has 4 rings (SSSR count). The first-order chi connectivity index (χ1) is 12.1. The average molecular weight is 358 g/mol. The highest BCUT2D eigenvalue weighted by Gasteiger charge is 2.30. The summed E-state index contributed by atoms with van der Waals surface area (Å²) in [5.74, 6) is 2.00. The van der Waals surface area contributed by atoms with Crippen LogP contribution < -0.4 is 14.8 Å². The number of nitrogens with one attached hydrogen (secondary N) is 2. The first-order valence-electron chi connectivity index (χ1n) is 8.89. The molecule has 0 bridgehead atoms. The number of nitrogens with zero attached hydrogens (tertiary/aromatic N) is 4. The summed E-state index contributed by atoms with van der Waals surface area (Å²) in [5, 5.41) is 15.7. The molecule has 4 heterocycles. The Morgan fingerprint density at radius 1 is 1.44 bits per heavy atom. The summed E-state index contributed by atoms with van der Waals surface area (Å²) in [4.78, 5) is 6.83. The lowest BCUT2D eigenvalue weighted by molar-refractivity contribution is -0.643. The number of aromatic nitrogens is 4. The Morgan fingerprint density at radius 3 is 3.16 bits per heavy atom. The van der Waals surface area contributed by atoms with E-state index in [1.165, 1.54) is 17.2 Å². The zero-order chi connectivity index (χ0) is 17.4. The second kappa shape index (κ2) is 6.72. The number of piperazine rings is 1. The molecule has 1 saturated heterocycles. The standard InChI is InChI=1S/C18H24N6S/c1-12(2)9-13-10-24(8-7-19-13)15-11-25-18(23(15)3)16-14-5-4-6-20-17(14)22-21-16/h4-6,11-13,19H,7-10H2,1-3H3/p+1/t13-/m0/s1. The van der Waals surface area contributed by atoms with Crippen LogP contribution in [0.5, 0.6) is 0 Å². The number of aromatic amines is 1. The smallest absolute Gasteiger partial charge is 0.287 e. The minimum absolute atomic E-state index is 0.564. The van der Waals surface area contributed by atoms with E-state index in [4.69, 9.17) is 0 Å². The molecule has 25 heavy (non-hydrogen) atoms. The SMILES string of the molecule is CC(C)C[C@H]1CN(c2csc(-c3[nH]nc4ncccc34)[n+]2C)CCN1. The second-order valence-electron chi connectivity index (χ2n) is 7.16. The number of hydrogen-bond donors (Lipinski definition) is 2. The molecule has 0 aromatic carbocycles. The number of fused-ring (bicyclic) bond motifs is 1. The molecule has 0 radical (unpaired) electrons. The van der Waals surface area contributed by atoms with Crippen molar-refractivity contribution in [3.8, 4) is 10.7 Å². The van der Waals surface area contributed by atoms with Gasteiger partial charge in [0.25, 0.3) is 5.82 Å². The number of hydrogen-bond acceptors (Lipinski definition) is 5. The third-order valence-corrected chi connectivity index (χ3v) is 5.83. The molecule has 0 amide bonds. The second-order valence-corrected chi connectivity index (χ2v) is 8.02. The van der Waals surface area contributed by atoms with Gasteiger partial charge in [0.2, 0.25) is 5.01 Å². The molecule has 0 saturated carbocycles. The molecule has 6 nitrogen and oxygen atoms in total. The Hall–Kier alpha value is -1.99. The molecule has 2 N–H and O–H groups in total. The minimum Gasteiger partial charge on any atom is -0.306 e. The fraction of sp³-hybridized carbons (Fsp3) is 0.500. The van der Waals surface area contributed by atoms with Gasteiger partial charge < -0.3 is 5.32 Å². The van der Waals surface area contributed by atoms with Gasteiger partial charge in [-0.2, -0.15) is 5.10 Å². The van der Waals surface area contributed by atoms with Crippen LogP contribution in [-0.2, 0) is 7.05 Å². The molecule has 0 spiro atoms. The van der Waals surface area contributed by atoms with Gasteiger partial charge in [-0.3, -0.25) is 10.00 Å². The van der Waals surface area contributed by atoms with Crippen LogP contribution in [0.3, 0.4) is 0 Å². The zero-order valence-corrected chi connectivity index (χ0v) is 15.8. The molecule has 1 aliphatic heterocycles. The highest BCUT2D eigenvalue weighted by Crippen LogP contribution is 2.29.